The van der Waals surface area contributed by atoms with E-state index in [2.05, 4.69) is 61.8 Å². The molecule has 2 heterocycles. The lowest BCUT2D eigenvalue weighted by atomic mass is 9.91. The van der Waals surface area contributed by atoms with Crippen LogP contribution < -0.4 is 5.32 Å². The van der Waals surface area contributed by atoms with Gasteiger partial charge < -0.3 is 9.88 Å². The smallest absolute Gasteiger partial charge is 0.113 e. The zero-order chi connectivity index (χ0) is 14.3. The summed E-state index contributed by atoms with van der Waals surface area (Å²) in [5, 5.41) is 3.54. The van der Waals surface area contributed by atoms with E-state index in [1.807, 2.05) is 0 Å². The Balaban J connectivity index is 2.14. The Hall–Kier alpha value is -1.35. The monoisotopic (exact) mass is 271 g/mol. The van der Waals surface area contributed by atoms with Crippen molar-refractivity contribution in [3.05, 3.63) is 30.1 Å². The molecule has 1 aliphatic rings. The van der Waals surface area contributed by atoms with Crippen molar-refractivity contribution >= 4 is 11.0 Å². The molecular formula is C17H25N3. The van der Waals surface area contributed by atoms with Crippen LogP contribution in [0.5, 0.6) is 0 Å². The second kappa shape index (κ2) is 4.88. The van der Waals surface area contributed by atoms with E-state index in [1.165, 1.54) is 24.2 Å². The zero-order valence-corrected chi connectivity index (χ0v) is 13.0. The third kappa shape index (κ3) is 2.35. The molecule has 1 aromatic heterocycles. The molecule has 2 aromatic rings. The molecule has 108 valence electrons. The quantitative estimate of drug-likeness (QED) is 0.858. The predicted octanol–water partition coefficient (Wildman–Crippen LogP) is 3.65. The van der Waals surface area contributed by atoms with E-state index in [-0.39, 0.29) is 5.54 Å². The molecule has 2 atom stereocenters. The largest absolute Gasteiger partial charge is 0.322 e. The molecule has 1 N–H and O–H groups in total. The summed E-state index contributed by atoms with van der Waals surface area (Å²) in [6.45, 7) is 10.2. The molecule has 0 radical (unpaired) electrons. The van der Waals surface area contributed by atoms with Gasteiger partial charge in [-0.1, -0.05) is 12.1 Å². The minimum Gasteiger partial charge on any atom is -0.322 e. The van der Waals surface area contributed by atoms with Gasteiger partial charge in [-0.25, -0.2) is 4.98 Å². The molecule has 20 heavy (non-hydrogen) atoms. The summed E-state index contributed by atoms with van der Waals surface area (Å²) < 4.78 is 2.45. The fourth-order valence-corrected chi connectivity index (χ4v) is 3.39. The topological polar surface area (TPSA) is 29.9 Å². The molecule has 0 aliphatic carbocycles. The van der Waals surface area contributed by atoms with E-state index in [1.54, 1.807) is 0 Å². The van der Waals surface area contributed by atoms with Crippen LogP contribution in [-0.2, 0) is 5.54 Å². The van der Waals surface area contributed by atoms with Crippen LogP contribution in [0.2, 0.25) is 0 Å². The zero-order valence-electron chi connectivity index (χ0n) is 13.0. The lowest BCUT2D eigenvalue weighted by Crippen LogP contribution is -2.36. The van der Waals surface area contributed by atoms with Crippen molar-refractivity contribution in [1.82, 2.24) is 14.9 Å². The molecule has 0 spiro atoms. The van der Waals surface area contributed by atoms with Gasteiger partial charge >= 0.3 is 0 Å². The third-order valence-corrected chi connectivity index (χ3v) is 4.25. The highest BCUT2D eigenvalue weighted by Gasteiger charge is 2.29. The van der Waals surface area contributed by atoms with Gasteiger partial charge in [-0.05, 0) is 59.2 Å². The van der Waals surface area contributed by atoms with Crippen LogP contribution in [0.3, 0.4) is 0 Å². The first-order valence-corrected chi connectivity index (χ1v) is 7.68. The van der Waals surface area contributed by atoms with Crippen molar-refractivity contribution in [2.24, 2.45) is 0 Å². The van der Waals surface area contributed by atoms with E-state index < -0.39 is 0 Å². The molecule has 1 fully saturated rings. The number of benzene rings is 1. The Labute approximate surface area is 121 Å². The van der Waals surface area contributed by atoms with Gasteiger partial charge in [-0.3, -0.25) is 0 Å². The third-order valence-electron chi connectivity index (χ3n) is 4.25. The van der Waals surface area contributed by atoms with Crippen LogP contribution in [0.4, 0.5) is 0 Å². The highest BCUT2D eigenvalue weighted by Crippen LogP contribution is 2.33. The molecule has 0 saturated carbocycles. The second-order valence-electron chi connectivity index (χ2n) is 7.04. The van der Waals surface area contributed by atoms with Gasteiger partial charge in [0.05, 0.1) is 11.0 Å². The predicted molar refractivity (Wildman–Crippen MR) is 84.2 cm³/mol. The lowest BCUT2D eigenvalue weighted by Gasteiger charge is -2.32. The fraction of sp³-hybridized carbons (Fsp3) is 0.588. The van der Waals surface area contributed by atoms with Crippen LogP contribution in [0.25, 0.3) is 11.0 Å². The van der Waals surface area contributed by atoms with Gasteiger partial charge in [-0.15, -0.1) is 0 Å². The van der Waals surface area contributed by atoms with Crippen LogP contribution >= 0.6 is 0 Å². The molecule has 0 bridgehead atoms. The van der Waals surface area contributed by atoms with E-state index >= 15 is 0 Å². The number of hydrogen-bond acceptors (Lipinski definition) is 2. The van der Waals surface area contributed by atoms with Crippen LogP contribution in [0.1, 0.15) is 52.3 Å². The second-order valence-corrected chi connectivity index (χ2v) is 7.04. The summed E-state index contributed by atoms with van der Waals surface area (Å²) in [6, 6.07) is 9.10. The average molecular weight is 271 g/mol. The summed E-state index contributed by atoms with van der Waals surface area (Å²) in [4.78, 5) is 4.97. The first kappa shape index (κ1) is 13.6. The Morgan fingerprint density at radius 2 is 2.00 bits per heavy atom. The number of nitrogens with zero attached hydrogens (tertiary/aromatic N) is 2. The van der Waals surface area contributed by atoms with Gasteiger partial charge in [0.15, 0.2) is 0 Å². The molecule has 3 nitrogen and oxygen atoms in total. The molecule has 0 amide bonds. The maximum absolute atomic E-state index is 4.97. The number of hydrogen-bond donors (Lipinski definition) is 1. The first-order chi connectivity index (χ1) is 9.47. The number of piperidine rings is 1. The minimum absolute atomic E-state index is 0.0690. The molecule has 2 unspecified atom stereocenters. The van der Waals surface area contributed by atoms with Gasteiger partial charge in [-0.2, -0.15) is 0 Å². The fourth-order valence-electron chi connectivity index (χ4n) is 3.39. The summed E-state index contributed by atoms with van der Waals surface area (Å²) in [6.07, 6.45) is 2.36. The van der Waals surface area contributed by atoms with Crippen molar-refractivity contribution in [1.29, 1.82) is 0 Å². The minimum atomic E-state index is 0.0690. The Morgan fingerprint density at radius 1 is 1.25 bits per heavy atom. The first-order valence-electron chi connectivity index (χ1n) is 7.68. The van der Waals surface area contributed by atoms with Crippen molar-refractivity contribution < 1.29 is 0 Å². The number of fused-ring (bicyclic) bond motifs is 1. The Morgan fingerprint density at radius 3 is 2.70 bits per heavy atom. The van der Waals surface area contributed by atoms with E-state index in [9.17, 15) is 0 Å². The average Bonchev–Trinajstić information content (AvgIpc) is 2.77. The van der Waals surface area contributed by atoms with Gasteiger partial charge in [0, 0.05) is 17.5 Å². The molecule has 3 rings (SSSR count). The van der Waals surface area contributed by atoms with E-state index in [4.69, 9.17) is 4.98 Å². The van der Waals surface area contributed by atoms with Crippen molar-refractivity contribution in [2.75, 3.05) is 6.54 Å². The summed E-state index contributed by atoms with van der Waals surface area (Å²) in [7, 11) is 0. The molecular weight excluding hydrogens is 246 g/mol. The number of aromatic nitrogens is 2. The summed E-state index contributed by atoms with van der Waals surface area (Å²) in [5.74, 6) is 1.84. The van der Waals surface area contributed by atoms with Crippen LogP contribution in [-0.4, -0.2) is 22.1 Å². The molecule has 1 aromatic carbocycles. The summed E-state index contributed by atoms with van der Waals surface area (Å²) in [5.41, 5.74) is 2.46. The molecule has 1 aliphatic heterocycles. The van der Waals surface area contributed by atoms with Crippen LogP contribution in [0.15, 0.2) is 24.3 Å². The van der Waals surface area contributed by atoms with E-state index in [0.29, 0.717) is 12.0 Å². The number of imidazole rings is 1. The Bertz CT molecular complexity index is 606. The highest BCUT2D eigenvalue weighted by atomic mass is 15.1. The lowest BCUT2D eigenvalue weighted by molar-refractivity contribution is 0.331. The standard InChI is InChI=1S/C17H25N3/c1-12-11-13(9-10-18-12)16-19-14-7-5-6-8-15(14)20(16)17(2,3)4/h5-8,12-13,18H,9-11H2,1-4H3. The maximum Gasteiger partial charge on any atom is 0.113 e. The van der Waals surface area contributed by atoms with Crippen molar-refractivity contribution in [3.63, 3.8) is 0 Å². The maximum atomic E-state index is 4.97. The SMILES string of the molecule is CC1CC(c2nc3ccccc3n2C(C)(C)C)CCN1. The normalized spacial score (nSPS) is 24.2. The van der Waals surface area contributed by atoms with Gasteiger partial charge in [0.1, 0.15) is 5.82 Å². The summed E-state index contributed by atoms with van der Waals surface area (Å²) >= 11 is 0. The van der Waals surface area contributed by atoms with Gasteiger partial charge in [0.2, 0.25) is 0 Å². The highest BCUT2D eigenvalue weighted by molar-refractivity contribution is 5.76. The number of nitrogens with one attached hydrogen (secondary N) is 1. The number of rotatable bonds is 1. The molecule has 3 heteroatoms. The molecule has 1 saturated heterocycles. The van der Waals surface area contributed by atoms with Crippen molar-refractivity contribution in [2.45, 2.75) is 58.0 Å². The van der Waals surface area contributed by atoms with Crippen LogP contribution in [0, 0.1) is 0 Å². The van der Waals surface area contributed by atoms with E-state index in [0.717, 1.165) is 12.1 Å². The van der Waals surface area contributed by atoms with Crippen molar-refractivity contribution in [3.8, 4) is 0 Å². The Kier molecular flexibility index (Phi) is 3.33. The number of para-hydroxylation sites is 2. The van der Waals surface area contributed by atoms with Gasteiger partial charge in [0.25, 0.3) is 0 Å².